The van der Waals surface area contributed by atoms with Gasteiger partial charge in [0.05, 0.1) is 4.90 Å². The first kappa shape index (κ1) is 14.1. The topological polar surface area (TPSA) is 72.2 Å². The Morgan fingerprint density at radius 2 is 2.06 bits per heavy atom. The predicted molar refractivity (Wildman–Crippen MR) is 64.3 cm³/mol. The Hall–Kier alpha value is -0.980. The van der Waals surface area contributed by atoms with E-state index < -0.39 is 15.8 Å². The molecule has 1 aromatic carbocycles. The van der Waals surface area contributed by atoms with Crippen molar-refractivity contribution in [3.05, 3.63) is 29.6 Å². The van der Waals surface area contributed by atoms with Gasteiger partial charge in [0, 0.05) is 18.7 Å². The third-order valence-corrected chi connectivity index (χ3v) is 3.76. The first-order chi connectivity index (χ1) is 7.88. The number of nitrogens with two attached hydrogens (primary N) is 1. The summed E-state index contributed by atoms with van der Waals surface area (Å²) < 4.78 is 39.7. The van der Waals surface area contributed by atoms with Crippen LogP contribution in [-0.4, -0.2) is 15.0 Å². The van der Waals surface area contributed by atoms with Crippen molar-refractivity contribution in [1.82, 2.24) is 4.72 Å². The molecule has 0 saturated carbocycles. The van der Waals surface area contributed by atoms with Crippen LogP contribution in [-0.2, 0) is 16.6 Å². The molecule has 0 unspecified atom stereocenters. The van der Waals surface area contributed by atoms with E-state index >= 15 is 0 Å². The molecule has 0 aliphatic carbocycles. The fourth-order valence-electron chi connectivity index (χ4n) is 1.34. The van der Waals surface area contributed by atoms with Crippen LogP contribution in [0.2, 0.25) is 0 Å². The monoisotopic (exact) mass is 260 g/mol. The molecular formula is C11H17FN2O2S. The molecule has 96 valence electrons. The highest BCUT2D eigenvalue weighted by Crippen LogP contribution is 2.18. The molecule has 0 amide bonds. The van der Waals surface area contributed by atoms with Crippen LogP contribution in [0, 0.1) is 11.7 Å². The molecule has 1 aromatic rings. The van der Waals surface area contributed by atoms with Gasteiger partial charge in [-0.3, -0.25) is 0 Å². The first-order valence-electron chi connectivity index (χ1n) is 5.35. The molecule has 0 aliphatic rings. The molecule has 3 N–H and O–H groups in total. The minimum absolute atomic E-state index is 0.0174. The number of halogens is 1. The van der Waals surface area contributed by atoms with Gasteiger partial charge in [-0.15, -0.1) is 0 Å². The van der Waals surface area contributed by atoms with Crippen molar-refractivity contribution in [2.75, 3.05) is 6.54 Å². The fourth-order valence-corrected chi connectivity index (χ4v) is 2.81. The number of nitrogens with one attached hydrogen (secondary N) is 1. The number of rotatable bonds is 5. The maximum Gasteiger partial charge on any atom is 0.241 e. The fraction of sp³-hybridized carbons (Fsp3) is 0.455. The van der Waals surface area contributed by atoms with Gasteiger partial charge in [-0.2, -0.15) is 0 Å². The van der Waals surface area contributed by atoms with E-state index in [4.69, 9.17) is 5.73 Å². The van der Waals surface area contributed by atoms with Crippen molar-refractivity contribution >= 4 is 10.0 Å². The molecule has 4 nitrogen and oxygen atoms in total. The lowest BCUT2D eigenvalue weighted by Crippen LogP contribution is -2.29. The molecule has 1 rings (SSSR count). The van der Waals surface area contributed by atoms with E-state index in [1.54, 1.807) is 0 Å². The van der Waals surface area contributed by atoms with Gasteiger partial charge >= 0.3 is 0 Å². The van der Waals surface area contributed by atoms with Gasteiger partial charge in [0.1, 0.15) is 5.82 Å². The SMILES string of the molecule is CC(C)CNS(=O)(=O)c1cccc(F)c1CN. The lowest BCUT2D eigenvalue weighted by atomic mass is 10.2. The Bertz CT molecular complexity index is 486. The first-order valence-corrected chi connectivity index (χ1v) is 6.84. The minimum Gasteiger partial charge on any atom is -0.326 e. The molecule has 0 aromatic heterocycles. The highest BCUT2D eigenvalue weighted by atomic mass is 32.2. The standard InChI is InChI=1S/C11H17FN2O2S/c1-8(2)7-14-17(15,16)11-5-3-4-10(12)9(11)6-13/h3-5,8,14H,6-7,13H2,1-2H3. The van der Waals surface area contributed by atoms with E-state index in [0.717, 1.165) is 0 Å². The molecule has 0 aliphatic heterocycles. The molecule has 17 heavy (non-hydrogen) atoms. The summed E-state index contributed by atoms with van der Waals surface area (Å²) >= 11 is 0. The summed E-state index contributed by atoms with van der Waals surface area (Å²) in [5.74, 6) is -0.417. The van der Waals surface area contributed by atoms with Crippen LogP contribution in [0.25, 0.3) is 0 Å². The van der Waals surface area contributed by atoms with Gasteiger partial charge in [0.25, 0.3) is 0 Å². The molecule has 0 spiro atoms. The maximum atomic E-state index is 13.4. The summed E-state index contributed by atoms with van der Waals surface area (Å²) in [6.07, 6.45) is 0. The molecule has 0 saturated heterocycles. The normalized spacial score (nSPS) is 12.1. The number of sulfonamides is 1. The van der Waals surface area contributed by atoms with Crippen molar-refractivity contribution in [2.24, 2.45) is 11.7 Å². The third kappa shape index (κ3) is 3.49. The average Bonchev–Trinajstić information content (AvgIpc) is 2.26. The zero-order valence-corrected chi connectivity index (χ0v) is 10.7. The molecule has 0 bridgehead atoms. The molecule has 0 radical (unpaired) electrons. The number of hydrogen-bond acceptors (Lipinski definition) is 3. The summed E-state index contributed by atoms with van der Waals surface area (Å²) in [6.45, 7) is 3.93. The molecular weight excluding hydrogens is 243 g/mol. The Kier molecular flexibility index (Phi) is 4.62. The van der Waals surface area contributed by atoms with Crippen molar-refractivity contribution in [3.8, 4) is 0 Å². The Morgan fingerprint density at radius 1 is 1.41 bits per heavy atom. The largest absolute Gasteiger partial charge is 0.326 e. The highest BCUT2D eigenvalue weighted by Gasteiger charge is 2.19. The second-order valence-corrected chi connectivity index (χ2v) is 5.90. The quantitative estimate of drug-likeness (QED) is 0.836. The van der Waals surface area contributed by atoms with Gasteiger partial charge in [-0.1, -0.05) is 19.9 Å². The van der Waals surface area contributed by atoms with Crippen molar-refractivity contribution in [1.29, 1.82) is 0 Å². The smallest absolute Gasteiger partial charge is 0.241 e. The van der Waals surface area contributed by atoms with Crippen LogP contribution in [0.5, 0.6) is 0 Å². The Labute approximate surface area is 101 Å². The highest BCUT2D eigenvalue weighted by molar-refractivity contribution is 7.89. The second-order valence-electron chi connectivity index (χ2n) is 4.17. The van der Waals surface area contributed by atoms with Crippen molar-refractivity contribution < 1.29 is 12.8 Å². The Morgan fingerprint density at radius 3 is 2.59 bits per heavy atom. The van der Waals surface area contributed by atoms with E-state index in [-0.39, 0.29) is 22.9 Å². The Balaban J connectivity index is 3.11. The molecule has 0 heterocycles. The van der Waals surface area contributed by atoms with Gasteiger partial charge in [0.15, 0.2) is 0 Å². The van der Waals surface area contributed by atoms with Gasteiger partial charge in [0.2, 0.25) is 10.0 Å². The van der Waals surface area contributed by atoms with Crippen LogP contribution in [0.1, 0.15) is 19.4 Å². The second kappa shape index (κ2) is 5.57. The van der Waals surface area contributed by atoms with Gasteiger partial charge in [-0.05, 0) is 18.1 Å². The average molecular weight is 260 g/mol. The van der Waals surface area contributed by atoms with Crippen LogP contribution in [0.4, 0.5) is 4.39 Å². The van der Waals surface area contributed by atoms with E-state index in [1.165, 1.54) is 18.2 Å². The summed E-state index contributed by atoms with van der Waals surface area (Å²) in [6, 6.07) is 3.91. The lowest BCUT2D eigenvalue weighted by Gasteiger charge is -2.12. The van der Waals surface area contributed by atoms with Gasteiger partial charge in [-0.25, -0.2) is 17.5 Å². The van der Waals surface area contributed by atoms with E-state index in [2.05, 4.69) is 4.72 Å². The number of hydrogen-bond donors (Lipinski definition) is 2. The number of benzene rings is 1. The zero-order chi connectivity index (χ0) is 13.1. The molecule has 0 atom stereocenters. The van der Waals surface area contributed by atoms with Gasteiger partial charge < -0.3 is 5.73 Å². The van der Waals surface area contributed by atoms with Crippen LogP contribution in [0.3, 0.4) is 0 Å². The zero-order valence-electron chi connectivity index (χ0n) is 9.90. The van der Waals surface area contributed by atoms with Crippen LogP contribution < -0.4 is 10.5 Å². The van der Waals surface area contributed by atoms with E-state index in [0.29, 0.717) is 6.54 Å². The summed E-state index contributed by atoms with van der Waals surface area (Å²) in [7, 11) is -3.69. The van der Waals surface area contributed by atoms with Crippen molar-refractivity contribution in [3.63, 3.8) is 0 Å². The van der Waals surface area contributed by atoms with E-state index in [1.807, 2.05) is 13.8 Å². The molecule has 0 fully saturated rings. The summed E-state index contributed by atoms with van der Waals surface area (Å²) in [5.41, 5.74) is 5.39. The van der Waals surface area contributed by atoms with Crippen LogP contribution >= 0.6 is 0 Å². The van der Waals surface area contributed by atoms with Crippen LogP contribution in [0.15, 0.2) is 23.1 Å². The predicted octanol–water partition coefficient (Wildman–Crippen LogP) is 1.22. The maximum absolute atomic E-state index is 13.4. The summed E-state index contributed by atoms with van der Waals surface area (Å²) in [4.78, 5) is -0.0827. The minimum atomic E-state index is -3.69. The lowest BCUT2D eigenvalue weighted by molar-refractivity contribution is 0.554. The third-order valence-electron chi connectivity index (χ3n) is 2.25. The summed E-state index contributed by atoms with van der Waals surface area (Å²) in [5, 5.41) is 0. The van der Waals surface area contributed by atoms with E-state index in [9.17, 15) is 12.8 Å². The molecule has 6 heteroatoms. The van der Waals surface area contributed by atoms with Crippen molar-refractivity contribution in [2.45, 2.75) is 25.3 Å².